The summed E-state index contributed by atoms with van der Waals surface area (Å²) in [5.74, 6) is 3.45. The average Bonchev–Trinajstić information content (AvgIpc) is 2.25. The van der Waals surface area contributed by atoms with Gasteiger partial charge in [0, 0.05) is 0 Å². The zero-order valence-corrected chi connectivity index (χ0v) is 9.89. The molecular formula is C12H14S2. The summed E-state index contributed by atoms with van der Waals surface area (Å²) in [5, 5.41) is 2.24. The zero-order chi connectivity index (χ0) is 10.2. The number of rotatable bonds is 4. The third-order valence-electron chi connectivity index (χ3n) is 1.63. The molecule has 0 nitrogen and oxygen atoms in total. The van der Waals surface area contributed by atoms with Crippen molar-refractivity contribution in [2.45, 2.75) is 0 Å². The van der Waals surface area contributed by atoms with Crippen molar-refractivity contribution in [1.29, 1.82) is 0 Å². The number of hydrogen-bond acceptors (Lipinski definition) is 1. The van der Waals surface area contributed by atoms with Crippen LogP contribution in [0, 0.1) is 12.3 Å². The molecule has 74 valence electrons. The Labute approximate surface area is 92.5 Å². The molecule has 14 heavy (non-hydrogen) atoms. The van der Waals surface area contributed by atoms with Crippen molar-refractivity contribution in [3.05, 3.63) is 41.3 Å². The smallest absolute Gasteiger partial charge is 0.0634 e. The van der Waals surface area contributed by atoms with Gasteiger partial charge in [0.2, 0.25) is 0 Å². The van der Waals surface area contributed by atoms with Crippen molar-refractivity contribution in [2.24, 2.45) is 0 Å². The van der Waals surface area contributed by atoms with Gasteiger partial charge in [-0.3, -0.25) is 0 Å². The second-order valence-electron chi connectivity index (χ2n) is 2.75. The summed E-state index contributed by atoms with van der Waals surface area (Å²) in [7, 11) is 1.72. The summed E-state index contributed by atoms with van der Waals surface area (Å²) in [4.78, 5) is 0. The van der Waals surface area contributed by atoms with E-state index in [1.54, 1.807) is 0 Å². The quantitative estimate of drug-likeness (QED) is 0.461. The summed E-state index contributed by atoms with van der Waals surface area (Å²) in [6.45, 7) is 0. The Morgan fingerprint density at radius 1 is 1.43 bits per heavy atom. The van der Waals surface area contributed by atoms with Crippen LogP contribution in [-0.2, 0) is 0 Å². The van der Waals surface area contributed by atoms with E-state index in [4.69, 9.17) is 6.42 Å². The first-order valence-electron chi connectivity index (χ1n) is 4.35. The molecule has 2 heteroatoms. The molecule has 1 unspecified atom stereocenters. The highest BCUT2D eigenvalue weighted by atomic mass is 33.1. The first-order chi connectivity index (χ1) is 6.83. The van der Waals surface area contributed by atoms with Crippen molar-refractivity contribution in [3.63, 3.8) is 0 Å². The number of thiol groups is 1. The Morgan fingerprint density at radius 2 is 2.14 bits per heavy atom. The van der Waals surface area contributed by atoms with E-state index in [0.29, 0.717) is 0 Å². The second kappa shape index (κ2) is 6.64. The molecule has 0 amide bonds. The fourth-order valence-electron chi connectivity index (χ4n) is 0.937. The maximum Gasteiger partial charge on any atom is 0.0634 e. The lowest BCUT2D eigenvalue weighted by molar-refractivity contribution is 1.67. The van der Waals surface area contributed by atoms with Crippen LogP contribution in [0.4, 0.5) is 0 Å². The van der Waals surface area contributed by atoms with Crippen molar-refractivity contribution in [2.75, 3.05) is 12.0 Å². The zero-order valence-electron chi connectivity index (χ0n) is 8.18. The molecule has 0 aliphatic heterocycles. The highest BCUT2D eigenvalue weighted by Gasteiger charge is 1.90. The van der Waals surface area contributed by atoms with Crippen molar-refractivity contribution >= 4 is 26.8 Å². The molecule has 1 aromatic rings. The molecule has 0 saturated heterocycles. The Bertz CT molecular complexity index is 322. The minimum Gasteiger partial charge on any atom is -0.186 e. The fourth-order valence-corrected chi connectivity index (χ4v) is 2.96. The van der Waals surface area contributed by atoms with E-state index in [-0.39, 0.29) is 9.93 Å². The number of benzene rings is 1. The Morgan fingerprint density at radius 3 is 2.79 bits per heavy atom. The highest BCUT2D eigenvalue weighted by Crippen LogP contribution is 2.37. The molecule has 0 fully saturated rings. The van der Waals surface area contributed by atoms with E-state index in [1.165, 1.54) is 5.56 Å². The molecule has 0 aromatic heterocycles. The van der Waals surface area contributed by atoms with E-state index in [1.807, 2.05) is 29.0 Å². The van der Waals surface area contributed by atoms with Gasteiger partial charge in [0.1, 0.15) is 0 Å². The van der Waals surface area contributed by atoms with Crippen LogP contribution in [-0.4, -0.2) is 12.0 Å². The molecule has 0 radical (unpaired) electrons. The number of terminal acetylenes is 1. The van der Waals surface area contributed by atoms with Gasteiger partial charge < -0.3 is 0 Å². The second-order valence-corrected chi connectivity index (χ2v) is 7.19. The van der Waals surface area contributed by atoms with Crippen molar-refractivity contribution in [3.8, 4) is 12.3 Å². The molecule has 0 heterocycles. The van der Waals surface area contributed by atoms with Gasteiger partial charge in [0.25, 0.3) is 0 Å². The third-order valence-corrected chi connectivity index (χ3v) is 4.87. The van der Waals surface area contributed by atoms with Crippen LogP contribution in [0.5, 0.6) is 0 Å². The summed E-state index contributed by atoms with van der Waals surface area (Å²) in [6.07, 6.45) is 9.58. The van der Waals surface area contributed by atoms with E-state index in [9.17, 15) is 0 Å². The molecule has 0 aliphatic rings. The summed E-state index contributed by atoms with van der Waals surface area (Å²) in [5.41, 5.74) is 1.25. The van der Waals surface area contributed by atoms with Crippen molar-refractivity contribution < 1.29 is 0 Å². The minimum absolute atomic E-state index is 0.117. The Balaban J connectivity index is 2.44. The van der Waals surface area contributed by atoms with Crippen molar-refractivity contribution in [1.82, 2.24) is 0 Å². The van der Waals surface area contributed by atoms with Crippen LogP contribution in [0.15, 0.2) is 35.7 Å². The SMILES string of the molecule is C#CCS[SH](C)/C=C/c1ccccc1. The molecule has 0 N–H and O–H groups in total. The Kier molecular flexibility index (Phi) is 5.36. The normalized spacial score (nSPS) is 13.9. The van der Waals surface area contributed by atoms with Crippen LogP contribution in [0.1, 0.15) is 5.56 Å². The molecule has 1 aromatic carbocycles. The van der Waals surface area contributed by atoms with Gasteiger partial charge in [-0.05, 0) is 23.3 Å². The molecular weight excluding hydrogens is 208 g/mol. The molecule has 0 spiro atoms. The lowest BCUT2D eigenvalue weighted by Gasteiger charge is -2.06. The maximum absolute atomic E-state index is 5.20. The first kappa shape index (κ1) is 11.3. The monoisotopic (exact) mass is 222 g/mol. The van der Waals surface area contributed by atoms with Gasteiger partial charge in [0.15, 0.2) is 0 Å². The standard InChI is InChI=1S/C12H14S2/c1-3-10-13-14(2)11-9-12-7-5-4-6-8-12/h1,4-9,11,14H,10H2,2H3/b11-9+. The average molecular weight is 222 g/mol. The lowest BCUT2D eigenvalue weighted by atomic mass is 10.2. The lowest BCUT2D eigenvalue weighted by Crippen LogP contribution is -1.71. The molecule has 1 rings (SSSR count). The first-order valence-corrected chi connectivity index (χ1v) is 7.80. The van der Waals surface area contributed by atoms with Crippen LogP contribution < -0.4 is 0 Å². The predicted octanol–water partition coefficient (Wildman–Crippen LogP) is 3.57. The van der Waals surface area contributed by atoms with E-state index < -0.39 is 0 Å². The molecule has 1 atom stereocenters. The number of hydrogen-bond donors (Lipinski definition) is 1. The maximum atomic E-state index is 5.20. The minimum atomic E-state index is -0.117. The summed E-state index contributed by atoms with van der Waals surface area (Å²) >= 11 is 0. The van der Waals surface area contributed by atoms with Gasteiger partial charge in [-0.2, -0.15) is 9.93 Å². The summed E-state index contributed by atoms with van der Waals surface area (Å²) < 4.78 is 0. The van der Waals surface area contributed by atoms with Gasteiger partial charge in [-0.15, -0.1) is 6.42 Å². The highest BCUT2D eigenvalue weighted by molar-refractivity contribution is 8.86. The predicted molar refractivity (Wildman–Crippen MR) is 71.7 cm³/mol. The summed E-state index contributed by atoms with van der Waals surface area (Å²) in [6, 6.07) is 10.3. The van der Waals surface area contributed by atoms with Crippen LogP contribution in [0.2, 0.25) is 0 Å². The molecule has 0 aliphatic carbocycles. The van der Waals surface area contributed by atoms with E-state index >= 15 is 0 Å². The fraction of sp³-hybridized carbons (Fsp3) is 0.167. The van der Waals surface area contributed by atoms with Gasteiger partial charge in [-0.1, -0.05) is 47.0 Å². The van der Waals surface area contributed by atoms with E-state index in [0.717, 1.165) is 5.75 Å². The van der Waals surface area contributed by atoms with Crippen LogP contribution in [0.3, 0.4) is 0 Å². The molecule has 0 bridgehead atoms. The Hall–Kier alpha value is -0.780. The van der Waals surface area contributed by atoms with Gasteiger partial charge in [-0.25, -0.2) is 0 Å². The van der Waals surface area contributed by atoms with Crippen LogP contribution in [0.25, 0.3) is 6.08 Å². The third kappa shape index (κ3) is 4.45. The largest absolute Gasteiger partial charge is 0.186 e. The topological polar surface area (TPSA) is 0 Å². The van der Waals surface area contributed by atoms with Gasteiger partial charge >= 0.3 is 0 Å². The van der Waals surface area contributed by atoms with Gasteiger partial charge in [0.05, 0.1) is 5.75 Å². The van der Waals surface area contributed by atoms with E-state index in [2.05, 4.69) is 35.8 Å². The van der Waals surface area contributed by atoms with Crippen LogP contribution >= 0.6 is 20.7 Å². The molecule has 0 saturated carbocycles.